The second-order valence-electron chi connectivity index (χ2n) is 4.89. The van der Waals surface area contributed by atoms with Gasteiger partial charge in [-0.1, -0.05) is 12.8 Å². The van der Waals surface area contributed by atoms with Crippen molar-refractivity contribution in [3.63, 3.8) is 0 Å². The monoisotopic (exact) mass is 279 g/mol. The van der Waals surface area contributed by atoms with Crippen molar-refractivity contribution in [2.45, 2.75) is 50.6 Å². The maximum absolute atomic E-state index is 12.7. The van der Waals surface area contributed by atoms with E-state index in [0.29, 0.717) is 11.7 Å². The Balaban J connectivity index is 1.80. The quantitative estimate of drug-likeness (QED) is 0.811. The first-order chi connectivity index (χ1) is 8.99. The first-order valence-electron chi connectivity index (χ1n) is 6.40. The van der Waals surface area contributed by atoms with Crippen LogP contribution in [0.25, 0.3) is 0 Å². The minimum atomic E-state index is -3.99. The van der Waals surface area contributed by atoms with E-state index >= 15 is 0 Å². The molecule has 2 rings (SSSR count). The zero-order valence-corrected chi connectivity index (χ0v) is 10.5. The lowest BCUT2D eigenvalue weighted by atomic mass is 10.3. The van der Waals surface area contributed by atoms with E-state index in [9.17, 15) is 17.6 Å². The summed E-state index contributed by atoms with van der Waals surface area (Å²) in [6, 6.07) is 2.11. The van der Waals surface area contributed by atoms with Gasteiger partial charge in [0.2, 0.25) is 0 Å². The fraction of sp³-hybridized carbons (Fsp3) is 0.750. The SMILES string of the molecule is FC(F)C(F)(F)CNCc1ccn(C2CCCC2)n1. The zero-order valence-electron chi connectivity index (χ0n) is 10.5. The Hall–Kier alpha value is -1.11. The molecule has 1 N–H and O–H groups in total. The number of alkyl halides is 4. The lowest BCUT2D eigenvalue weighted by Gasteiger charge is -2.15. The van der Waals surface area contributed by atoms with Crippen LogP contribution in [-0.2, 0) is 6.54 Å². The molecule has 1 aromatic heterocycles. The summed E-state index contributed by atoms with van der Waals surface area (Å²) in [4.78, 5) is 0. The molecule has 0 aliphatic heterocycles. The molecule has 1 saturated carbocycles. The summed E-state index contributed by atoms with van der Waals surface area (Å²) < 4.78 is 51.0. The van der Waals surface area contributed by atoms with Crippen LogP contribution in [0.3, 0.4) is 0 Å². The fourth-order valence-electron chi connectivity index (χ4n) is 2.28. The smallest absolute Gasteiger partial charge is 0.305 e. The van der Waals surface area contributed by atoms with Gasteiger partial charge in [-0.2, -0.15) is 13.9 Å². The third kappa shape index (κ3) is 3.68. The van der Waals surface area contributed by atoms with Crippen LogP contribution < -0.4 is 5.32 Å². The Morgan fingerprint density at radius 3 is 2.68 bits per heavy atom. The molecule has 0 bridgehead atoms. The molecule has 0 unspecified atom stereocenters. The zero-order chi connectivity index (χ0) is 13.9. The molecule has 1 heterocycles. The Morgan fingerprint density at radius 1 is 1.37 bits per heavy atom. The molecule has 19 heavy (non-hydrogen) atoms. The van der Waals surface area contributed by atoms with Crippen LogP contribution in [0, 0.1) is 0 Å². The predicted molar refractivity (Wildman–Crippen MR) is 62.4 cm³/mol. The highest BCUT2D eigenvalue weighted by Crippen LogP contribution is 2.28. The predicted octanol–water partition coefficient (Wildman–Crippen LogP) is 2.99. The van der Waals surface area contributed by atoms with Gasteiger partial charge in [-0.3, -0.25) is 4.68 Å². The van der Waals surface area contributed by atoms with Gasteiger partial charge >= 0.3 is 12.3 Å². The third-order valence-corrected chi connectivity index (χ3v) is 3.35. The Bertz CT molecular complexity index is 399. The number of halogens is 4. The van der Waals surface area contributed by atoms with Crippen molar-refractivity contribution in [1.29, 1.82) is 0 Å². The summed E-state index contributed by atoms with van der Waals surface area (Å²) in [6.07, 6.45) is 2.70. The molecule has 108 valence electrons. The maximum Gasteiger partial charge on any atom is 0.319 e. The van der Waals surface area contributed by atoms with Crippen LogP contribution in [0.4, 0.5) is 17.6 Å². The van der Waals surface area contributed by atoms with E-state index < -0.39 is 18.9 Å². The second-order valence-corrected chi connectivity index (χ2v) is 4.89. The Morgan fingerprint density at radius 2 is 2.05 bits per heavy atom. The Kier molecular flexibility index (Phi) is 4.44. The van der Waals surface area contributed by atoms with Crippen molar-refractivity contribution >= 4 is 0 Å². The summed E-state index contributed by atoms with van der Waals surface area (Å²) in [5.41, 5.74) is 0.594. The minimum Gasteiger partial charge on any atom is -0.305 e. The van der Waals surface area contributed by atoms with Crippen LogP contribution >= 0.6 is 0 Å². The van der Waals surface area contributed by atoms with E-state index in [1.807, 2.05) is 10.9 Å². The summed E-state index contributed by atoms with van der Waals surface area (Å²) in [7, 11) is 0. The van der Waals surface area contributed by atoms with Crippen molar-refractivity contribution in [3.05, 3.63) is 18.0 Å². The summed E-state index contributed by atoms with van der Waals surface area (Å²) in [6.45, 7) is -0.969. The van der Waals surface area contributed by atoms with Gasteiger partial charge in [0.05, 0.1) is 18.3 Å². The van der Waals surface area contributed by atoms with Gasteiger partial charge in [0, 0.05) is 12.7 Å². The Labute approximate surface area is 109 Å². The normalized spacial score (nSPS) is 17.5. The van der Waals surface area contributed by atoms with E-state index in [-0.39, 0.29) is 6.54 Å². The lowest BCUT2D eigenvalue weighted by molar-refractivity contribution is -0.125. The highest BCUT2D eigenvalue weighted by molar-refractivity contribution is 5.00. The summed E-state index contributed by atoms with van der Waals surface area (Å²) in [5, 5.41) is 6.60. The molecule has 0 radical (unpaired) electrons. The molecule has 0 atom stereocenters. The average Bonchev–Trinajstić information content (AvgIpc) is 2.98. The molecular formula is C12H17F4N3. The standard InChI is InChI=1S/C12H17F4N3/c13-11(14)12(15,16)8-17-7-9-5-6-19(18-9)10-3-1-2-4-10/h5-6,10-11,17H,1-4,7-8H2. The molecule has 1 fully saturated rings. The number of hydrogen-bond acceptors (Lipinski definition) is 2. The van der Waals surface area contributed by atoms with Crippen LogP contribution in [0.5, 0.6) is 0 Å². The molecule has 0 saturated heterocycles. The van der Waals surface area contributed by atoms with Gasteiger partial charge in [0.25, 0.3) is 0 Å². The second kappa shape index (κ2) is 5.90. The van der Waals surface area contributed by atoms with Crippen molar-refractivity contribution in [1.82, 2.24) is 15.1 Å². The first-order valence-corrected chi connectivity index (χ1v) is 6.40. The highest BCUT2D eigenvalue weighted by atomic mass is 19.3. The van der Waals surface area contributed by atoms with Crippen LogP contribution in [0.2, 0.25) is 0 Å². The number of rotatable bonds is 6. The molecule has 3 nitrogen and oxygen atoms in total. The molecule has 7 heteroatoms. The first kappa shape index (κ1) is 14.3. The van der Waals surface area contributed by atoms with Gasteiger partial charge in [-0.15, -0.1) is 0 Å². The fourth-order valence-corrected chi connectivity index (χ4v) is 2.28. The van der Waals surface area contributed by atoms with Gasteiger partial charge in [0.15, 0.2) is 0 Å². The van der Waals surface area contributed by atoms with Crippen molar-refractivity contribution in [3.8, 4) is 0 Å². The molecule has 1 aliphatic carbocycles. The van der Waals surface area contributed by atoms with Crippen molar-refractivity contribution in [2.75, 3.05) is 6.54 Å². The maximum atomic E-state index is 12.7. The van der Waals surface area contributed by atoms with Crippen LogP contribution in [0.1, 0.15) is 37.4 Å². The van der Waals surface area contributed by atoms with Crippen molar-refractivity contribution in [2.24, 2.45) is 0 Å². The largest absolute Gasteiger partial charge is 0.319 e. The number of nitrogens with zero attached hydrogens (tertiary/aromatic N) is 2. The average molecular weight is 279 g/mol. The number of nitrogens with one attached hydrogen (secondary N) is 1. The minimum absolute atomic E-state index is 0.0715. The lowest BCUT2D eigenvalue weighted by Crippen LogP contribution is -2.38. The van der Waals surface area contributed by atoms with E-state index in [2.05, 4.69) is 10.4 Å². The van der Waals surface area contributed by atoms with E-state index in [4.69, 9.17) is 0 Å². The van der Waals surface area contributed by atoms with E-state index in [0.717, 1.165) is 12.8 Å². The van der Waals surface area contributed by atoms with E-state index in [1.54, 1.807) is 6.07 Å². The van der Waals surface area contributed by atoms with Gasteiger partial charge in [-0.25, -0.2) is 8.78 Å². The molecular weight excluding hydrogens is 262 g/mol. The van der Waals surface area contributed by atoms with Crippen LogP contribution in [-0.4, -0.2) is 28.7 Å². The van der Waals surface area contributed by atoms with Gasteiger partial charge in [0.1, 0.15) is 0 Å². The number of aromatic nitrogens is 2. The molecule has 1 aromatic rings. The highest BCUT2D eigenvalue weighted by Gasteiger charge is 2.40. The van der Waals surface area contributed by atoms with Gasteiger partial charge in [-0.05, 0) is 18.9 Å². The summed E-state index contributed by atoms with van der Waals surface area (Å²) >= 11 is 0. The molecule has 0 aromatic carbocycles. The molecule has 1 aliphatic rings. The topological polar surface area (TPSA) is 29.9 Å². The van der Waals surface area contributed by atoms with Crippen LogP contribution in [0.15, 0.2) is 12.3 Å². The number of hydrogen-bond donors (Lipinski definition) is 1. The van der Waals surface area contributed by atoms with Crippen molar-refractivity contribution < 1.29 is 17.6 Å². The molecule has 0 amide bonds. The third-order valence-electron chi connectivity index (χ3n) is 3.35. The summed E-state index contributed by atoms with van der Waals surface area (Å²) in [5.74, 6) is -3.99. The molecule has 0 spiro atoms. The van der Waals surface area contributed by atoms with E-state index in [1.165, 1.54) is 12.8 Å². The van der Waals surface area contributed by atoms with Gasteiger partial charge < -0.3 is 5.32 Å².